The molecule has 0 aliphatic carbocycles. The van der Waals surface area contributed by atoms with Crippen LogP contribution in [-0.2, 0) is 19.1 Å². The summed E-state index contributed by atoms with van der Waals surface area (Å²) in [5.74, 6) is -1.70. The number of rotatable bonds is 5. The number of carbonyl (C=O) groups is 2. The van der Waals surface area contributed by atoms with Gasteiger partial charge in [0.25, 0.3) is 0 Å². The minimum absolute atomic E-state index is 0.0650. The summed E-state index contributed by atoms with van der Waals surface area (Å²) in [7, 11) is 2.95. The van der Waals surface area contributed by atoms with Gasteiger partial charge in [-0.3, -0.25) is 9.59 Å². The number of hydrogen-bond donors (Lipinski definition) is 1. The average molecular weight is 217 g/mol. The lowest BCUT2D eigenvalue weighted by Crippen LogP contribution is -2.36. The molecule has 6 nitrogen and oxygen atoms in total. The van der Waals surface area contributed by atoms with E-state index in [0.717, 1.165) is 0 Å². The van der Waals surface area contributed by atoms with Gasteiger partial charge in [0.05, 0.1) is 12.5 Å². The smallest absolute Gasteiger partial charge is 0.308 e. The lowest BCUT2D eigenvalue weighted by atomic mass is 10.1. The van der Waals surface area contributed by atoms with E-state index in [4.69, 9.17) is 14.6 Å². The van der Waals surface area contributed by atoms with Gasteiger partial charge in [0.1, 0.15) is 0 Å². The van der Waals surface area contributed by atoms with Crippen LogP contribution < -0.4 is 0 Å². The molecule has 15 heavy (non-hydrogen) atoms. The van der Waals surface area contributed by atoms with Crippen LogP contribution in [0.15, 0.2) is 0 Å². The first-order chi connectivity index (χ1) is 7.08. The van der Waals surface area contributed by atoms with Crippen molar-refractivity contribution in [2.45, 2.75) is 12.7 Å². The number of carboxylic acids is 1. The maximum Gasteiger partial charge on any atom is 0.308 e. The fourth-order valence-electron chi connectivity index (χ4n) is 1.54. The molecule has 0 saturated carbocycles. The van der Waals surface area contributed by atoms with Gasteiger partial charge in [-0.05, 0) is 0 Å². The van der Waals surface area contributed by atoms with Crippen molar-refractivity contribution in [2.75, 3.05) is 27.3 Å². The fraction of sp³-hybridized carbons (Fsp3) is 0.778. The van der Waals surface area contributed by atoms with Crippen LogP contribution in [0.2, 0.25) is 0 Å². The molecule has 1 rings (SSSR count). The molecule has 1 aliphatic rings. The second kappa shape index (κ2) is 5.09. The van der Waals surface area contributed by atoms with Crippen molar-refractivity contribution in [3.8, 4) is 0 Å². The van der Waals surface area contributed by atoms with E-state index in [1.54, 1.807) is 0 Å². The molecule has 1 aliphatic heterocycles. The van der Waals surface area contributed by atoms with Gasteiger partial charge in [-0.15, -0.1) is 0 Å². The molecule has 0 radical (unpaired) electrons. The first kappa shape index (κ1) is 11.9. The average Bonchev–Trinajstić information content (AvgIpc) is 2.56. The minimum Gasteiger partial charge on any atom is -0.481 e. The Labute approximate surface area is 87.8 Å². The molecule has 0 aromatic rings. The van der Waals surface area contributed by atoms with Gasteiger partial charge in [0.2, 0.25) is 5.91 Å². The van der Waals surface area contributed by atoms with Gasteiger partial charge < -0.3 is 19.5 Å². The minimum atomic E-state index is -0.933. The van der Waals surface area contributed by atoms with E-state index in [1.807, 2.05) is 0 Å². The summed E-state index contributed by atoms with van der Waals surface area (Å²) >= 11 is 0. The number of aliphatic carboxylic acids is 1. The zero-order chi connectivity index (χ0) is 11.4. The second-order valence-corrected chi connectivity index (χ2v) is 3.44. The van der Waals surface area contributed by atoms with E-state index in [-0.39, 0.29) is 25.4 Å². The van der Waals surface area contributed by atoms with E-state index in [9.17, 15) is 9.59 Å². The molecule has 0 aromatic carbocycles. The van der Waals surface area contributed by atoms with Gasteiger partial charge in [-0.1, -0.05) is 0 Å². The third kappa shape index (κ3) is 2.90. The predicted octanol–water partition coefficient (Wildman–Crippen LogP) is -0.462. The summed E-state index contributed by atoms with van der Waals surface area (Å²) in [6, 6.07) is 0. The van der Waals surface area contributed by atoms with E-state index in [0.29, 0.717) is 0 Å². The molecule has 1 amide bonds. The molecule has 1 saturated heterocycles. The van der Waals surface area contributed by atoms with E-state index in [2.05, 4.69) is 0 Å². The van der Waals surface area contributed by atoms with Crippen molar-refractivity contribution in [3.05, 3.63) is 0 Å². The summed E-state index contributed by atoms with van der Waals surface area (Å²) in [5.41, 5.74) is 0. The summed E-state index contributed by atoms with van der Waals surface area (Å²) in [4.78, 5) is 23.5. The number of nitrogens with zero attached hydrogens (tertiary/aromatic N) is 1. The standard InChI is InChI=1S/C9H15NO5/c1-14-8(15-2)5-10-4-6(9(12)13)3-7(10)11/h6,8H,3-5H2,1-2H3,(H,12,13). The largest absolute Gasteiger partial charge is 0.481 e. The summed E-state index contributed by atoms with van der Waals surface area (Å²) in [5, 5.41) is 8.76. The second-order valence-electron chi connectivity index (χ2n) is 3.44. The van der Waals surface area contributed by atoms with Crippen molar-refractivity contribution in [1.29, 1.82) is 0 Å². The number of carboxylic acid groups (broad SMARTS) is 1. The Morgan fingerprint density at radius 2 is 2.20 bits per heavy atom. The monoisotopic (exact) mass is 217 g/mol. The van der Waals surface area contributed by atoms with Crippen LogP contribution in [0, 0.1) is 5.92 Å². The third-order valence-electron chi connectivity index (χ3n) is 2.46. The van der Waals surface area contributed by atoms with E-state index < -0.39 is 18.2 Å². The van der Waals surface area contributed by atoms with Crippen LogP contribution in [0.3, 0.4) is 0 Å². The highest BCUT2D eigenvalue weighted by Gasteiger charge is 2.35. The van der Waals surface area contributed by atoms with Crippen molar-refractivity contribution < 1.29 is 24.2 Å². The van der Waals surface area contributed by atoms with Crippen molar-refractivity contribution in [2.24, 2.45) is 5.92 Å². The molecule has 6 heteroatoms. The zero-order valence-electron chi connectivity index (χ0n) is 8.80. The molecular formula is C9H15NO5. The lowest BCUT2D eigenvalue weighted by molar-refractivity contribution is -0.141. The van der Waals surface area contributed by atoms with Crippen LogP contribution >= 0.6 is 0 Å². The predicted molar refractivity (Wildman–Crippen MR) is 50.1 cm³/mol. The van der Waals surface area contributed by atoms with E-state index >= 15 is 0 Å². The quantitative estimate of drug-likeness (QED) is 0.630. The molecular weight excluding hydrogens is 202 g/mol. The maximum atomic E-state index is 11.4. The molecule has 1 unspecified atom stereocenters. The first-order valence-electron chi connectivity index (χ1n) is 4.64. The van der Waals surface area contributed by atoms with E-state index in [1.165, 1.54) is 19.1 Å². The molecule has 1 fully saturated rings. The highest BCUT2D eigenvalue weighted by Crippen LogP contribution is 2.18. The number of ether oxygens (including phenoxy) is 2. The Kier molecular flexibility index (Phi) is 4.05. The van der Waals surface area contributed by atoms with Gasteiger partial charge >= 0.3 is 5.97 Å². The summed E-state index contributed by atoms with van der Waals surface area (Å²) in [6.07, 6.45) is -0.434. The van der Waals surface area contributed by atoms with Gasteiger partial charge in [-0.2, -0.15) is 0 Å². The lowest BCUT2D eigenvalue weighted by Gasteiger charge is -2.21. The molecule has 0 aromatic heterocycles. The van der Waals surface area contributed by atoms with Crippen LogP contribution in [0.5, 0.6) is 0 Å². The Morgan fingerprint density at radius 1 is 1.60 bits per heavy atom. The normalized spacial score (nSPS) is 21.4. The third-order valence-corrected chi connectivity index (χ3v) is 2.46. The van der Waals surface area contributed by atoms with Crippen molar-refractivity contribution in [1.82, 2.24) is 4.90 Å². The van der Waals surface area contributed by atoms with Crippen molar-refractivity contribution in [3.63, 3.8) is 0 Å². The van der Waals surface area contributed by atoms with Crippen LogP contribution in [0.4, 0.5) is 0 Å². The maximum absolute atomic E-state index is 11.4. The highest BCUT2D eigenvalue weighted by molar-refractivity contribution is 5.86. The first-order valence-corrected chi connectivity index (χ1v) is 4.64. The number of carbonyl (C=O) groups excluding carboxylic acids is 1. The molecule has 0 spiro atoms. The molecule has 1 N–H and O–H groups in total. The topological polar surface area (TPSA) is 76.1 Å². The van der Waals surface area contributed by atoms with Crippen LogP contribution in [0.25, 0.3) is 0 Å². The van der Waals surface area contributed by atoms with Gasteiger partial charge in [0.15, 0.2) is 6.29 Å². The Bertz CT molecular complexity index is 251. The van der Waals surface area contributed by atoms with Gasteiger partial charge in [-0.25, -0.2) is 0 Å². The Balaban J connectivity index is 2.50. The highest BCUT2D eigenvalue weighted by atomic mass is 16.7. The molecule has 86 valence electrons. The summed E-state index contributed by atoms with van der Waals surface area (Å²) < 4.78 is 9.88. The number of likely N-dealkylation sites (tertiary alicyclic amines) is 1. The van der Waals surface area contributed by atoms with Crippen LogP contribution in [0.1, 0.15) is 6.42 Å². The summed E-state index contributed by atoms with van der Waals surface area (Å²) in [6.45, 7) is 0.507. The van der Waals surface area contributed by atoms with Crippen molar-refractivity contribution >= 4 is 11.9 Å². The van der Waals surface area contributed by atoms with Gasteiger partial charge in [0, 0.05) is 27.2 Å². The molecule has 1 atom stereocenters. The van der Waals surface area contributed by atoms with Crippen LogP contribution in [-0.4, -0.2) is 55.5 Å². The number of amides is 1. The zero-order valence-corrected chi connectivity index (χ0v) is 8.80. The SMILES string of the molecule is COC(CN1CC(C(=O)O)CC1=O)OC. The number of methoxy groups -OCH3 is 2. The number of hydrogen-bond acceptors (Lipinski definition) is 4. The molecule has 0 bridgehead atoms. The fourth-order valence-corrected chi connectivity index (χ4v) is 1.54. The molecule has 1 heterocycles. The Hall–Kier alpha value is -1.14. The Morgan fingerprint density at radius 3 is 2.60 bits per heavy atom.